The van der Waals surface area contributed by atoms with E-state index in [-0.39, 0.29) is 11.9 Å². The number of carbonyl (C=O) groups excluding carboxylic acids is 1. The Kier molecular flexibility index (Phi) is 3.54. The second kappa shape index (κ2) is 5.66. The van der Waals surface area contributed by atoms with Gasteiger partial charge in [0, 0.05) is 11.8 Å². The minimum atomic E-state index is -0.310. The molecule has 0 spiro atoms. The molecule has 3 aromatic rings. The SMILES string of the molecule is CC(NC(=O)c1cccc(C#N)c1)c1nnc2ccccn12. The molecular formula is C16H13N5O. The first-order chi connectivity index (χ1) is 10.7. The smallest absolute Gasteiger partial charge is 0.251 e. The van der Waals surface area contributed by atoms with Crippen molar-refractivity contribution in [2.75, 3.05) is 0 Å². The minimum Gasteiger partial charge on any atom is -0.342 e. The van der Waals surface area contributed by atoms with Crippen molar-refractivity contribution < 1.29 is 4.79 Å². The van der Waals surface area contributed by atoms with Crippen LogP contribution in [0, 0.1) is 11.3 Å². The summed E-state index contributed by atoms with van der Waals surface area (Å²) in [5.41, 5.74) is 1.62. The highest BCUT2D eigenvalue weighted by molar-refractivity contribution is 5.94. The molecule has 0 saturated heterocycles. The molecule has 0 fully saturated rings. The van der Waals surface area contributed by atoms with E-state index in [1.807, 2.05) is 41.8 Å². The Morgan fingerprint density at radius 1 is 1.27 bits per heavy atom. The van der Waals surface area contributed by atoms with Crippen LogP contribution in [0.4, 0.5) is 0 Å². The van der Waals surface area contributed by atoms with E-state index in [9.17, 15) is 4.79 Å². The van der Waals surface area contributed by atoms with E-state index in [4.69, 9.17) is 5.26 Å². The van der Waals surface area contributed by atoms with Crippen molar-refractivity contribution in [1.29, 1.82) is 5.26 Å². The number of amides is 1. The van der Waals surface area contributed by atoms with E-state index in [1.54, 1.807) is 24.3 Å². The summed E-state index contributed by atoms with van der Waals surface area (Å²) in [5.74, 6) is 0.401. The third-order valence-corrected chi connectivity index (χ3v) is 3.33. The highest BCUT2D eigenvalue weighted by Gasteiger charge is 2.16. The van der Waals surface area contributed by atoms with Crippen LogP contribution in [-0.4, -0.2) is 20.5 Å². The minimum absolute atomic E-state index is 0.253. The predicted octanol–water partition coefficient (Wildman–Crippen LogP) is 2.09. The molecule has 0 bridgehead atoms. The third kappa shape index (κ3) is 2.52. The lowest BCUT2D eigenvalue weighted by molar-refractivity contribution is 0.0938. The molecule has 6 heteroatoms. The van der Waals surface area contributed by atoms with Crippen molar-refractivity contribution >= 4 is 11.6 Å². The number of nitrogens with zero attached hydrogens (tertiary/aromatic N) is 4. The first-order valence-corrected chi connectivity index (χ1v) is 6.80. The van der Waals surface area contributed by atoms with Gasteiger partial charge in [0.05, 0.1) is 17.7 Å². The van der Waals surface area contributed by atoms with Gasteiger partial charge in [0.25, 0.3) is 5.91 Å². The van der Waals surface area contributed by atoms with E-state index >= 15 is 0 Å². The summed E-state index contributed by atoms with van der Waals surface area (Å²) >= 11 is 0. The molecule has 0 saturated carbocycles. The second-order valence-electron chi connectivity index (χ2n) is 4.87. The van der Waals surface area contributed by atoms with E-state index in [1.165, 1.54) is 0 Å². The summed E-state index contributed by atoms with van der Waals surface area (Å²) in [6.07, 6.45) is 1.85. The fourth-order valence-corrected chi connectivity index (χ4v) is 2.23. The van der Waals surface area contributed by atoms with Crippen molar-refractivity contribution in [3.63, 3.8) is 0 Å². The number of nitrogens with one attached hydrogen (secondary N) is 1. The standard InChI is InChI=1S/C16H13N5O/c1-11(15-20-19-14-7-2-3-8-21(14)15)18-16(22)13-6-4-5-12(9-13)10-17/h2-9,11H,1H3,(H,18,22). The maximum Gasteiger partial charge on any atom is 0.251 e. The number of aromatic nitrogens is 3. The van der Waals surface area contributed by atoms with Gasteiger partial charge in [-0.05, 0) is 37.3 Å². The monoisotopic (exact) mass is 291 g/mol. The van der Waals surface area contributed by atoms with Crippen molar-refractivity contribution in [2.24, 2.45) is 0 Å². The zero-order chi connectivity index (χ0) is 15.5. The normalized spacial score (nSPS) is 11.8. The highest BCUT2D eigenvalue weighted by Crippen LogP contribution is 2.13. The van der Waals surface area contributed by atoms with Crippen LogP contribution in [0.3, 0.4) is 0 Å². The lowest BCUT2D eigenvalue weighted by Crippen LogP contribution is -2.28. The predicted molar refractivity (Wildman–Crippen MR) is 80.0 cm³/mol. The van der Waals surface area contributed by atoms with Crippen LogP contribution in [0.25, 0.3) is 5.65 Å². The van der Waals surface area contributed by atoms with Crippen molar-refractivity contribution in [1.82, 2.24) is 19.9 Å². The average Bonchev–Trinajstić information content (AvgIpc) is 2.99. The molecule has 1 N–H and O–H groups in total. The number of fused-ring (bicyclic) bond motifs is 1. The molecule has 6 nitrogen and oxygen atoms in total. The van der Waals surface area contributed by atoms with Crippen molar-refractivity contribution in [2.45, 2.75) is 13.0 Å². The number of hydrogen-bond donors (Lipinski definition) is 1. The largest absolute Gasteiger partial charge is 0.342 e. The fourth-order valence-electron chi connectivity index (χ4n) is 2.23. The van der Waals surface area contributed by atoms with E-state index < -0.39 is 0 Å². The van der Waals surface area contributed by atoms with Crippen LogP contribution in [0.5, 0.6) is 0 Å². The van der Waals surface area contributed by atoms with E-state index in [2.05, 4.69) is 15.5 Å². The first-order valence-electron chi connectivity index (χ1n) is 6.80. The lowest BCUT2D eigenvalue weighted by Gasteiger charge is -2.12. The summed E-state index contributed by atoms with van der Waals surface area (Å²) in [4.78, 5) is 12.3. The molecule has 2 heterocycles. The molecule has 1 aromatic carbocycles. The summed E-state index contributed by atoms with van der Waals surface area (Å²) in [6.45, 7) is 1.84. The summed E-state index contributed by atoms with van der Waals surface area (Å²) < 4.78 is 1.83. The summed E-state index contributed by atoms with van der Waals surface area (Å²) in [5, 5.41) is 19.9. The molecule has 3 rings (SSSR count). The van der Waals surface area contributed by atoms with Gasteiger partial charge in [-0.3, -0.25) is 9.20 Å². The first kappa shape index (κ1) is 13.8. The van der Waals surface area contributed by atoms with Gasteiger partial charge in [0.2, 0.25) is 0 Å². The lowest BCUT2D eigenvalue weighted by atomic mass is 10.1. The highest BCUT2D eigenvalue weighted by atomic mass is 16.1. The van der Waals surface area contributed by atoms with Gasteiger partial charge in [-0.15, -0.1) is 10.2 Å². The number of pyridine rings is 1. The van der Waals surface area contributed by atoms with Crippen LogP contribution in [-0.2, 0) is 0 Å². The van der Waals surface area contributed by atoms with Crippen molar-refractivity contribution in [3.05, 3.63) is 65.6 Å². The molecule has 1 amide bonds. The Bertz CT molecular complexity index is 877. The number of rotatable bonds is 3. The number of benzene rings is 1. The molecule has 0 aliphatic heterocycles. The topological polar surface area (TPSA) is 83.1 Å². The third-order valence-electron chi connectivity index (χ3n) is 3.33. The Morgan fingerprint density at radius 2 is 2.14 bits per heavy atom. The molecular weight excluding hydrogens is 278 g/mol. The van der Waals surface area contributed by atoms with Crippen LogP contribution in [0.2, 0.25) is 0 Å². The van der Waals surface area contributed by atoms with Crippen LogP contribution >= 0.6 is 0 Å². The maximum absolute atomic E-state index is 12.3. The molecule has 0 aliphatic rings. The molecule has 0 radical (unpaired) electrons. The Hall–Kier alpha value is -3.20. The quantitative estimate of drug-likeness (QED) is 0.801. The summed E-state index contributed by atoms with van der Waals surface area (Å²) in [7, 11) is 0. The number of carbonyl (C=O) groups is 1. The Balaban J connectivity index is 1.83. The van der Waals surface area contributed by atoms with E-state index in [0.717, 1.165) is 5.65 Å². The van der Waals surface area contributed by atoms with Gasteiger partial charge >= 0.3 is 0 Å². The maximum atomic E-state index is 12.3. The van der Waals surface area contributed by atoms with Crippen LogP contribution in [0.15, 0.2) is 48.7 Å². The molecule has 0 aliphatic carbocycles. The number of hydrogen-bond acceptors (Lipinski definition) is 4. The zero-order valence-corrected chi connectivity index (χ0v) is 11.9. The van der Waals surface area contributed by atoms with Crippen LogP contribution in [0.1, 0.15) is 34.7 Å². The molecule has 2 aromatic heterocycles. The van der Waals surface area contributed by atoms with Crippen molar-refractivity contribution in [3.8, 4) is 6.07 Å². The van der Waals surface area contributed by atoms with Gasteiger partial charge < -0.3 is 5.32 Å². The zero-order valence-electron chi connectivity index (χ0n) is 11.9. The van der Waals surface area contributed by atoms with Gasteiger partial charge in [-0.25, -0.2) is 0 Å². The van der Waals surface area contributed by atoms with Gasteiger partial charge in [-0.1, -0.05) is 12.1 Å². The second-order valence-corrected chi connectivity index (χ2v) is 4.87. The average molecular weight is 291 g/mol. The van der Waals surface area contributed by atoms with Gasteiger partial charge in [-0.2, -0.15) is 5.26 Å². The van der Waals surface area contributed by atoms with Crippen LogP contribution < -0.4 is 5.32 Å². The molecule has 1 unspecified atom stereocenters. The molecule has 1 atom stereocenters. The van der Waals surface area contributed by atoms with E-state index in [0.29, 0.717) is 17.0 Å². The molecule has 22 heavy (non-hydrogen) atoms. The molecule has 108 valence electrons. The Morgan fingerprint density at radius 3 is 2.95 bits per heavy atom. The summed E-state index contributed by atoms with van der Waals surface area (Å²) in [6, 6.07) is 13.9. The number of nitriles is 1. The fraction of sp³-hybridized carbons (Fsp3) is 0.125. The van der Waals surface area contributed by atoms with Gasteiger partial charge in [0.1, 0.15) is 0 Å². The Labute approximate surface area is 127 Å². The van der Waals surface area contributed by atoms with Gasteiger partial charge in [0.15, 0.2) is 11.5 Å².